The predicted octanol–water partition coefficient (Wildman–Crippen LogP) is 2.26. The molecule has 1 aromatic rings. The summed E-state index contributed by atoms with van der Waals surface area (Å²) in [7, 11) is 0. The summed E-state index contributed by atoms with van der Waals surface area (Å²) in [6.45, 7) is 1.16. The number of carboxylic acid groups (broad SMARTS) is 1. The average Bonchev–Trinajstić information content (AvgIpc) is 2.34. The van der Waals surface area contributed by atoms with Crippen molar-refractivity contribution < 1.29 is 18.7 Å². The van der Waals surface area contributed by atoms with Crippen LogP contribution in [0.2, 0.25) is 0 Å². The minimum absolute atomic E-state index is 0.0172. The third-order valence-electron chi connectivity index (χ3n) is 3.30. The fourth-order valence-corrected chi connectivity index (χ4v) is 2.31. The molecule has 0 aliphatic carbocycles. The van der Waals surface area contributed by atoms with Gasteiger partial charge in [-0.05, 0) is 31.5 Å². The van der Waals surface area contributed by atoms with Crippen molar-refractivity contribution in [2.75, 3.05) is 13.1 Å². The average molecular weight is 255 g/mol. The molecule has 5 heteroatoms. The first-order chi connectivity index (χ1) is 8.58. The molecular weight excluding hydrogens is 240 g/mol. The van der Waals surface area contributed by atoms with Crippen LogP contribution >= 0.6 is 0 Å². The van der Waals surface area contributed by atoms with Crippen LogP contribution in [0.15, 0.2) is 18.2 Å². The third-order valence-corrected chi connectivity index (χ3v) is 3.30. The molecule has 18 heavy (non-hydrogen) atoms. The molecule has 1 aromatic carbocycles. The molecule has 0 amide bonds. The van der Waals surface area contributed by atoms with Crippen LogP contribution in [0, 0.1) is 17.6 Å². The minimum atomic E-state index is -0.839. The summed E-state index contributed by atoms with van der Waals surface area (Å²) in [5, 5.41) is 8.96. The third kappa shape index (κ3) is 2.85. The number of carbonyl (C=O) groups is 1. The Kier molecular flexibility index (Phi) is 3.91. The molecule has 98 valence electrons. The number of halogens is 2. The van der Waals surface area contributed by atoms with E-state index in [2.05, 4.69) is 0 Å². The number of aliphatic carboxylic acids is 1. The zero-order valence-corrected chi connectivity index (χ0v) is 9.90. The highest BCUT2D eigenvalue weighted by Crippen LogP contribution is 2.21. The standard InChI is InChI=1S/C13H15F2NO2/c14-11-4-1-5-12(15)10(11)8-16-6-2-3-9(7-16)13(17)18/h1,4-5,9H,2-3,6-8H2,(H,17,18). The van der Waals surface area contributed by atoms with Crippen LogP contribution in [0.1, 0.15) is 18.4 Å². The van der Waals surface area contributed by atoms with E-state index >= 15 is 0 Å². The molecule has 0 spiro atoms. The molecule has 0 aromatic heterocycles. The van der Waals surface area contributed by atoms with Gasteiger partial charge in [0.15, 0.2) is 0 Å². The summed E-state index contributed by atoms with van der Waals surface area (Å²) in [6.07, 6.45) is 1.37. The van der Waals surface area contributed by atoms with Gasteiger partial charge in [-0.3, -0.25) is 9.69 Å². The first-order valence-electron chi connectivity index (χ1n) is 5.96. The van der Waals surface area contributed by atoms with Gasteiger partial charge in [0.1, 0.15) is 11.6 Å². The number of hydrogen-bond donors (Lipinski definition) is 1. The zero-order chi connectivity index (χ0) is 13.1. The number of nitrogens with zero attached hydrogens (tertiary/aromatic N) is 1. The van der Waals surface area contributed by atoms with E-state index in [0.29, 0.717) is 19.5 Å². The van der Waals surface area contributed by atoms with Gasteiger partial charge >= 0.3 is 5.97 Å². The van der Waals surface area contributed by atoms with Crippen molar-refractivity contribution in [2.45, 2.75) is 19.4 Å². The first kappa shape index (κ1) is 13.0. The van der Waals surface area contributed by atoms with E-state index in [-0.39, 0.29) is 12.1 Å². The van der Waals surface area contributed by atoms with Gasteiger partial charge in [-0.1, -0.05) is 6.07 Å². The Bertz CT molecular complexity index is 430. The highest BCUT2D eigenvalue weighted by atomic mass is 19.1. The van der Waals surface area contributed by atoms with Crippen molar-refractivity contribution in [1.82, 2.24) is 4.90 Å². The topological polar surface area (TPSA) is 40.5 Å². The lowest BCUT2D eigenvalue weighted by molar-refractivity contribution is -0.143. The molecule has 1 heterocycles. The predicted molar refractivity (Wildman–Crippen MR) is 62.0 cm³/mol. The Labute approximate surface area is 104 Å². The molecule has 1 saturated heterocycles. The van der Waals surface area contributed by atoms with Crippen molar-refractivity contribution in [3.8, 4) is 0 Å². The molecule has 1 aliphatic heterocycles. The molecule has 0 bridgehead atoms. The Balaban J connectivity index is 2.07. The zero-order valence-electron chi connectivity index (χ0n) is 9.90. The molecule has 0 radical (unpaired) electrons. The summed E-state index contributed by atoms with van der Waals surface area (Å²) in [5.41, 5.74) is 0.0172. The normalized spacial score (nSPS) is 20.9. The van der Waals surface area contributed by atoms with Crippen LogP contribution in [0.4, 0.5) is 8.78 Å². The van der Waals surface area contributed by atoms with Crippen LogP contribution in [0.3, 0.4) is 0 Å². The second kappa shape index (κ2) is 5.44. The van der Waals surface area contributed by atoms with E-state index in [9.17, 15) is 13.6 Å². The lowest BCUT2D eigenvalue weighted by atomic mass is 9.98. The lowest BCUT2D eigenvalue weighted by Crippen LogP contribution is -2.38. The van der Waals surface area contributed by atoms with Crippen LogP contribution in [-0.2, 0) is 11.3 Å². The Morgan fingerprint density at radius 1 is 1.39 bits per heavy atom. The number of benzene rings is 1. The van der Waals surface area contributed by atoms with Gasteiger partial charge < -0.3 is 5.11 Å². The fraction of sp³-hybridized carbons (Fsp3) is 0.462. The summed E-state index contributed by atoms with van der Waals surface area (Å²) >= 11 is 0. The lowest BCUT2D eigenvalue weighted by Gasteiger charge is -2.30. The van der Waals surface area contributed by atoms with E-state index in [1.807, 2.05) is 0 Å². The maximum Gasteiger partial charge on any atom is 0.307 e. The van der Waals surface area contributed by atoms with Crippen LogP contribution in [0.25, 0.3) is 0 Å². The first-order valence-corrected chi connectivity index (χ1v) is 5.96. The Morgan fingerprint density at radius 3 is 2.67 bits per heavy atom. The molecule has 2 rings (SSSR count). The minimum Gasteiger partial charge on any atom is -0.481 e. The molecule has 1 unspecified atom stereocenters. The summed E-state index contributed by atoms with van der Waals surface area (Å²) < 4.78 is 27.0. The number of rotatable bonds is 3. The van der Waals surface area contributed by atoms with Gasteiger partial charge in [-0.2, -0.15) is 0 Å². The summed E-state index contributed by atoms with van der Waals surface area (Å²) in [5.74, 6) is -2.43. The van der Waals surface area contributed by atoms with E-state index in [4.69, 9.17) is 5.11 Å². The second-order valence-corrected chi connectivity index (χ2v) is 4.61. The smallest absolute Gasteiger partial charge is 0.307 e. The second-order valence-electron chi connectivity index (χ2n) is 4.61. The summed E-state index contributed by atoms with van der Waals surface area (Å²) in [6, 6.07) is 3.76. The molecule has 1 N–H and O–H groups in total. The van der Waals surface area contributed by atoms with Gasteiger partial charge in [0.2, 0.25) is 0 Å². The number of likely N-dealkylation sites (tertiary alicyclic amines) is 1. The highest BCUT2D eigenvalue weighted by molar-refractivity contribution is 5.70. The van der Waals surface area contributed by atoms with Gasteiger partial charge in [-0.15, -0.1) is 0 Å². The van der Waals surface area contributed by atoms with E-state index in [0.717, 1.165) is 6.42 Å². The van der Waals surface area contributed by atoms with E-state index in [1.165, 1.54) is 18.2 Å². The maximum atomic E-state index is 13.5. The fourth-order valence-electron chi connectivity index (χ4n) is 2.31. The Hall–Kier alpha value is -1.49. The van der Waals surface area contributed by atoms with Gasteiger partial charge in [0.25, 0.3) is 0 Å². The molecule has 1 fully saturated rings. The monoisotopic (exact) mass is 255 g/mol. The van der Waals surface area contributed by atoms with Gasteiger partial charge in [-0.25, -0.2) is 8.78 Å². The molecule has 1 aliphatic rings. The Morgan fingerprint density at radius 2 is 2.06 bits per heavy atom. The van der Waals surface area contributed by atoms with Gasteiger partial charge in [0, 0.05) is 18.7 Å². The summed E-state index contributed by atoms with van der Waals surface area (Å²) in [4.78, 5) is 12.7. The van der Waals surface area contributed by atoms with Gasteiger partial charge in [0.05, 0.1) is 5.92 Å². The van der Waals surface area contributed by atoms with Crippen molar-refractivity contribution >= 4 is 5.97 Å². The van der Waals surface area contributed by atoms with E-state index in [1.54, 1.807) is 4.90 Å². The number of piperidine rings is 1. The molecule has 0 saturated carbocycles. The molecule has 1 atom stereocenters. The number of carboxylic acids is 1. The van der Waals surface area contributed by atoms with E-state index < -0.39 is 23.5 Å². The van der Waals surface area contributed by atoms with Crippen molar-refractivity contribution in [1.29, 1.82) is 0 Å². The van der Waals surface area contributed by atoms with Crippen LogP contribution in [0.5, 0.6) is 0 Å². The number of hydrogen-bond acceptors (Lipinski definition) is 2. The van der Waals surface area contributed by atoms with Crippen LogP contribution in [-0.4, -0.2) is 29.1 Å². The van der Waals surface area contributed by atoms with Crippen molar-refractivity contribution in [3.05, 3.63) is 35.4 Å². The molecular formula is C13H15F2NO2. The van der Waals surface area contributed by atoms with Crippen molar-refractivity contribution in [2.24, 2.45) is 5.92 Å². The van der Waals surface area contributed by atoms with Crippen LogP contribution < -0.4 is 0 Å². The quantitative estimate of drug-likeness (QED) is 0.900. The maximum absolute atomic E-state index is 13.5. The SMILES string of the molecule is O=C(O)C1CCCN(Cc2c(F)cccc2F)C1. The highest BCUT2D eigenvalue weighted by Gasteiger charge is 2.26. The molecule has 3 nitrogen and oxygen atoms in total. The van der Waals surface area contributed by atoms with Crippen molar-refractivity contribution in [3.63, 3.8) is 0 Å². The largest absolute Gasteiger partial charge is 0.481 e.